The summed E-state index contributed by atoms with van der Waals surface area (Å²) in [6.07, 6.45) is 12.1. The maximum atomic E-state index is 12.6. The van der Waals surface area contributed by atoms with Crippen molar-refractivity contribution in [2.24, 2.45) is 16.7 Å². The van der Waals surface area contributed by atoms with Crippen LogP contribution in [0.15, 0.2) is 11.6 Å². The Hall–Kier alpha value is -2.29. The second kappa shape index (κ2) is 6.21. The lowest BCUT2D eigenvalue weighted by Crippen LogP contribution is -2.33. The van der Waals surface area contributed by atoms with Gasteiger partial charge in [-0.05, 0) is 37.5 Å². The largest absolute Gasteiger partial charge is 0.452 e. The van der Waals surface area contributed by atoms with Gasteiger partial charge in [0, 0.05) is 5.41 Å². The smallest absolute Gasteiger partial charge is 0.322 e. The van der Waals surface area contributed by atoms with E-state index in [9.17, 15) is 14.4 Å². The van der Waals surface area contributed by atoms with Crippen LogP contribution in [0.1, 0.15) is 46.0 Å². The van der Waals surface area contributed by atoms with Gasteiger partial charge in [0.2, 0.25) is 0 Å². The Morgan fingerprint density at radius 1 is 1.36 bits per heavy atom. The van der Waals surface area contributed by atoms with Crippen LogP contribution in [-0.4, -0.2) is 30.6 Å². The van der Waals surface area contributed by atoms with Gasteiger partial charge in [0.25, 0.3) is 5.91 Å². The van der Waals surface area contributed by atoms with Crippen molar-refractivity contribution in [3.05, 3.63) is 11.6 Å². The van der Waals surface area contributed by atoms with Gasteiger partial charge in [-0.25, -0.2) is 4.79 Å². The van der Waals surface area contributed by atoms with Crippen molar-refractivity contribution >= 4 is 17.9 Å². The fourth-order valence-electron chi connectivity index (χ4n) is 4.57. The number of esters is 1. The number of hydrogen-bond acceptors (Lipinski definition) is 4. The van der Waals surface area contributed by atoms with Crippen molar-refractivity contribution in [1.82, 2.24) is 10.6 Å². The lowest BCUT2D eigenvalue weighted by Gasteiger charge is -2.20. The van der Waals surface area contributed by atoms with Crippen LogP contribution in [0.25, 0.3) is 0 Å². The maximum absolute atomic E-state index is 12.6. The summed E-state index contributed by atoms with van der Waals surface area (Å²) in [4.78, 5) is 36.0. The Morgan fingerprint density at radius 2 is 2.04 bits per heavy atom. The van der Waals surface area contributed by atoms with Crippen molar-refractivity contribution in [3.63, 3.8) is 0 Å². The zero-order chi connectivity index (χ0) is 18.2. The van der Waals surface area contributed by atoms with Gasteiger partial charge in [0.1, 0.15) is 6.04 Å². The molecule has 25 heavy (non-hydrogen) atoms. The first kappa shape index (κ1) is 17.5. The van der Waals surface area contributed by atoms with Crippen LogP contribution in [0.5, 0.6) is 0 Å². The molecule has 6 nitrogen and oxygen atoms in total. The van der Waals surface area contributed by atoms with E-state index in [0.29, 0.717) is 6.42 Å². The Labute approximate surface area is 147 Å². The molecule has 3 aliphatic rings. The van der Waals surface area contributed by atoms with Crippen LogP contribution in [0.2, 0.25) is 0 Å². The van der Waals surface area contributed by atoms with Crippen LogP contribution < -0.4 is 10.6 Å². The summed E-state index contributed by atoms with van der Waals surface area (Å²) in [5.41, 5.74) is 0.463. The molecule has 6 heteroatoms. The standard InChI is InChI=1S/C19H24N2O4/c1-4-9-25-16(23)14-18(2,3)19(14,10-12-7-5-6-8-12)11-13-15(22)21-17(24)20-13/h1,10,13-14H,5-9,11H2,2-3H3,(H2,20,21,22,24). The molecule has 0 spiro atoms. The minimum Gasteiger partial charge on any atom is -0.452 e. The average molecular weight is 344 g/mol. The van der Waals surface area contributed by atoms with E-state index >= 15 is 0 Å². The van der Waals surface area contributed by atoms with Gasteiger partial charge in [-0.1, -0.05) is 31.4 Å². The third-order valence-electron chi connectivity index (χ3n) is 5.99. The van der Waals surface area contributed by atoms with Gasteiger partial charge in [-0.15, -0.1) is 6.42 Å². The summed E-state index contributed by atoms with van der Waals surface area (Å²) in [5.74, 6) is 1.28. The molecule has 0 aromatic carbocycles. The number of allylic oxidation sites excluding steroid dienone is 2. The van der Waals surface area contributed by atoms with Crippen LogP contribution in [0.4, 0.5) is 4.79 Å². The van der Waals surface area contributed by atoms with E-state index < -0.39 is 17.5 Å². The number of ether oxygens (including phenoxy) is 1. The minimum atomic E-state index is -0.629. The number of rotatable bonds is 5. The predicted octanol–water partition coefficient (Wildman–Crippen LogP) is 1.90. The molecule has 2 N–H and O–H groups in total. The molecule has 1 saturated heterocycles. The van der Waals surface area contributed by atoms with Gasteiger partial charge >= 0.3 is 12.0 Å². The highest BCUT2D eigenvalue weighted by Gasteiger charge is 2.74. The van der Waals surface area contributed by atoms with Gasteiger partial charge in [0.05, 0.1) is 5.92 Å². The van der Waals surface area contributed by atoms with Crippen molar-refractivity contribution in [2.75, 3.05) is 6.61 Å². The van der Waals surface area contributed by atoms with Gasteiger partial charge in [-0.2, -0.15) is 0 Å². The number of amides is 3. The van der Waals surface area contributed by atoms with Crippen LogP contribution in [0, 0.1) is 29.1 Å². The third kappa shape index (κ3) is 2.92. The second-order valence-electron chi connectivity index (χ2n) is 7.74. The molecule has 1 aliphatic heterocycles. The molecule has 3 atom stereocenters. The molecule has 2 aliphatic carbocycles. The zero-order valence-electron chi connectivity index (χ0n) is 14.7. The van der Waals surface area contributed by atoms with E-state index in [2.05, 4.69) is 22.6 Å². The quantitative estimate of drug-likeness (QED) is 0.345. The van der Waals surface area contributed by atoms with Crippen molar-refractivity contribution < 1.29 is 19.1 Å². The normalized spacial score (nSPS) is 32.6. The molecule has 0 aromatic rings. The first-order chi connectivity index (χ1) is 11.8. The number of nitrogens with one attached hydrogen (secondary N) is 2. The third-order valence-corrected chi connectivity index (χ3v) is 5.99. The summed E-state index contributed by atoms with van der Waals surface area (Å²) in [7, 11) is 0. The first-order valence-corrected chi connectivity index (χ1v) is 8.74. The fraction of sp³-hybridized carbons (Fsp3) is 0.632. The molecule has 3 fully saturated rings. The van der Waals surface area contributed by atoms with Crippen molar-refractivity contribution in [3.8, 4) is 12.3 Å². The van der Waals surface area contributed by atoms with E-state index in [0.717, 1.165) is 25.7 Å². The Kier molecular flexibility index (Phi) is 4.36. The molecule has 0 bridgehead atoms. The highest BCUT2D eigenvalue weighted by atomic mass is 16.5. The first-order valence-electron chi connectivity index (χ1n) is 8.74. The molecule has 0 radical (unpaired) electrons. The van der Waals surface area contributed by atoms with Crippen LogP contribution in [0.3, 0.4) is 0 Å². The van der Waals surface area contributed by atoms with E-state index in [-0.39, 0.29) is 29.8 Å². The molecule has 2 saturated carbocycles. The van der Waals surface area contributed by atoms with Gasteiger partial charge in [0.15, 0.2) is 6.61 Å². The Morgan fingerprint density at radius 3 is 2.60 bits per heavy atom. The molecule has 0 aromatic heterocycles. The molecular weight excluding hydrogens is 320 g/mol. The van der Waals surface area contributed by atoms with Crippen molar-refractivity contribution in [2.45, 2.75) is 52.0 Å². The minimum absolute atomic E-state index is 0.0568. The molecule has 3 unspecified atom stereocenters. The maximum Gasteiger partial charge on any atom is 0.322 e. The lowest BCUT2D eigenvalue weighted by molar-refractivity contribution is -0.145. The van der Waals surface area contributed by atoms with Crippen LogP contribution >= 0.6 is 0 Å². The molecule has 134 valence electrons. The molecule has 1 heterocycles. The molecular formula is C19H24N2O4. The highest BCUT2D eigenvalue weighted by Crippen LogP contribution is 2.73. The fourth-order valence-corrected chi connectivity index (χ4v) is 4.57. The highest BCUT2D eigenvalue weighted by molar-refractivity contribution is 6.04. The average Bonchev–Trinajstić information content (AvgIpc) is 2.95. The predicted molar refractivity (Wildman–Crippen MR) is 91.1 cm³/mol. The van der Waals surface area contributed by atoms with E-state index in [1.54, 1.807) is 0 Å². The number of hydrogen-bond donors (Lipinski definition) is 2. The second-order valence-corrected chi connectivity index (χ2v) is 7.74. The SMILES string of the molecule is C#CCOC(=O)C1C(C)(C)C1(C=C1CCCC1)CC1NC(=O)NC1=O. The summed E-state index contributed by atoms with van der Waals surface area (Å²) in [5, 5.41) is 4.92. The molecule has 3 rings (SSSR count). The van der Waals surface area contributed by atoms with Crippen LogP contribution in [-0.2, 0) is 14.3 Å². The summed E-state index contributed by atoms with van der Waals surface area (Å²) < 4.78 is 5.19. The lowest BCUT2D eigenvalue weighted by atomic mass is 9.86. The van der Waals surface area contributed by atoms with Gasteiger partial charge in [-0.3, -0.25) is 14.9 Å². The zero-order valence-corrected chi connectivity index (χ0v) is 14.7. The summed E-state index contributed by atoms with van der Waals surface area (Å²) in [6, 6.07) is -1.11. The van der Waals surface area contributed by atoms with E-state index in [1.165, 1.54) is 5.57 Å². The summed E-state index contributed by atoms with van der Waals surface area (Å²) in [6.45, 7) is 3.96. The molecule has 3 amide bonds. The number of imide groups is 1. The van der Waals surface area contributed by atoms with Crippen molar-refractivity contribution in [1.29, 1.82) is 0 Å². The number of urea groups is 1. The number of carbonyl (C=O) groups is 3. The van der Waals surface area contributed by atoms with E-state index in [4.69, 9.17) is 11.2 Å². The monoisotopic (exact) mass is 344 g/mol. The summed E-state index contributed by atoms with van der Waals surface area (Å²) >= 11 is 0. The topological polar surface area (TPSA) is 84.5 Å². The number of carbonyl (C=O) groups excluding carboxylic acids is 3. The Bertz CT molecular complexity index is 680. The van der Waals surface area contributed by atoms with E-state index in [1.807, 2.05) is 13.8 Å². The Balaban J connectivity index is 1.89. The van der Waals surface area contributed by atoms with Gasteiger partial charge < -0.3 is 10.1 Å². The number of terminal acetylenes is 1.